The van der Waals surface area contributed by atoms with E-state index in [1.807, 2.05) is 19.1 Å². The number of nitrogens with zero attached hydrogens (tertiary/aromatic N) is 3. The zero-order chi connectivity index (χ0) is 20.5. The number of benzene rings is 3. The minimum Gasteiger partial charge on any atom is -0.374 e. The molecule has 6 nitrogen and oxygen atoms in total. The smallest absolute Gasteiger partial charge is 0.284 e. The Hall–Kier alpha value is -3.29. The van der Waals surface area contributed by atoms with Crippen LogP contribution in [0.15, 0.2) is 96.0 Å². The van der Waals surface area contributed by atoms with E-state index in [1.54, 1.807) is 60.7 Å². The summed E-state index contributed by atoms with van der Waals surface area (Å²) < 4.78 is 26.7. The van der Waals surface area contributed by atoms with Gasteiger partial charge in [-0.2, -0.15) is 8.42 Å². The molecule has 7 heteroatoms. The van der Waals surface area contributed by atoms with Crippen molar-refractivity contribution in [1.29, 1.82) is 0 Å². The molecule has 0 saturated carbocycles. The number of aromatic nitrogens is 3. The Morgan fingerprint density at radius 2 is 1.34 bits per heavy atom. The highest BCUT2D eigenvalue weighted by atomic mass is 32.2. The predicted molar refractivity (Wildman–Crippen MR) is 109 cm³/mol. The number of aryl methyl sites for hydroxylation is 1. The van der Waals surface area contributed by atoms with Crippen molar-refractivity contribution in [2.75, 3.05) is 0 Å². The normalized spacial score (nSPS) is 12.1. The largest absolute Gasteiger partial charge is 0.374 e. The van der Waals surface area contributed by atoms with Crippen LogP contribution in [0.1, 0.15) is 22.4 Å². The van der Waals surface area contributed by atoms with Crippen molar-refractivity contribution in [3.8, 4) is 0 Å². The van der Waals surface area contributed by atoms with Crippen molar-refractivity contribution >= 4 is 10.0 Å². The van der Waals surface area contributed by atoms with E-state index < -0.39 is 15.6 Å². The summed E-state index contributed by atoms with van der Waals surface area (Å²) >= 11 is 0. The first-order valence-corrected chi connectivity index (χ1v) is 10.4. The summed E-state index contributed by atoms with van der Waals surface area (Å²) in [7, 11) is -3.93. The lowest BCUT2D eigenvalue weighted by Crippen LogP contribution is -2.29. The lowest BCUT2D eigenvalue weighted by molar-refractivity contribution is 0.120. The quantitative estimate of drug-likeness (QED) is 0.551. The third-order valence-corrected chi connectivity index (χ3v) is 6.33. The van der Waals surface area contributed by atoms with E-state index in [4.69, 9.17) is 0 Å². The van der Waals surface area contributed by atoms with Crippen LogP contribution < -0.4 is 0 Å². The van der Waals surface area contributed by atoms with E-state index in [0.717, 1.165) is 9.65 Å². The summed E-state index contributed by atoms with van der Waals surface area (Å²) in [6, 6.07) is 24.4. The van der Waals surface area contributed by atoms with Crippen LogP contribution >= 0.6 is 0 Å². The fourth-order valence-electron chi connectivity index (χ4n) is 3.17. The van der Waals surface area contributed by atoms with Crippen LogP contribution in [0.5, 0.6) is 0 Å². The van der Waals surface area contributed by atoms with Crippen LogP contribution in [-0.4, -0.2) is 27.9 Å². The second kappa shape index (κ2) is 7.27. The van der Waals surface area contributed by atoms with E-state index in [9.17, 15) is 13.5 Å². The topological polar surface area (TPSA) is 85.1 Å². The summed E-state index contributed by atoms with van der Waals surface area (Å²) in [5, 5.41) is 19.6. The van der Waals surface area contributed by atoms with Crippen LogP contribution in [0.2, 0.25) is 0 Å². The standard InChI is InChI=1S/C22H19N3O3S/c1-17-12-14-20(15-13-17)29(27,28)25-16-21(23-24-25)22(26,18-8-4-2-5-9-18)19-10-6-3-7-11-19/h2-16,26H,1H3. The highest BCUT2D eigenvalue weighted by Crippen LogP contribution is 2.35. The lowest BCUT2D eigenvalue weighted by atomic mass is 9.84. The van der Waals surface area contributed by atoms with Crippen LogP contribution in [0.3, 0.4) is 0 Å². The zero-order valence-electron chi connectivity index (χ0n) is 15.7. The molecule has 0 radical (unpaired) electrons. The first-order valence-electron chi connectivity index (χ1n) is 9.01. The number of hydrogen-bond acceptors (Lipinski definition) is 5. The molecule has 4 aromatic rings. The molecule has 0 fully saturated rings. The maximum absolute atomic E-state index is 12.9. The van der Waals surface area contributed by atoms with Gasteiger partial charge in [-0.1, -0.05) is 83.6 Å². The Kier molecular flexibility index (Phi) is 4.77. The van der Waals surface area contributed by atoms with Crippen molar-refractivity contribution in [2.24, 2.45) is 0 Å². The molecule has 0 aliphatic rings. The van der Waals surface area contributed by atoms with Crippen molar-refractivity contribution < 1.29 is 13.5 Å². The third kappa shape index (κ3) is 3.35. The van der Waals surface area contributed by atoms with Gasteiger partial charge in [0.25, 0.3) is 10.0 Å². The van der Waals surface area contributed by atoms with Gasteiger partial charge in [0, 0.05) is 0 Å². The van der Waals surface area contributed by atoms with E-state index >= 15 is 0 Å². The first kappa shape index (κ1) is 19.0. The van der Waals surface area contributed by atoms with E-state index in [0.29, 0.717) is 11.1 Å². The summed E-state index contributed by atoms with van der Waals surface area (Å²) in [6.45, 7) is 1.88. The number of aliphatic hydroxyl groups is 1. The fraction of sp³-hybridized carbons (Fsp3) is 0.0909. The highest BCUT2D eigenvalue weighted by Gasteiger charge is 2.37. The monoisotopic (exact) mass is 405 g/mol. The molecule has 0 aliphatic heterocycles. The van der Waals surface area contributed by atoms with Gasteiger partial charge in [0.1, 0.15) is 5.69 Å². The van der Waals surface area contributed by atoms with Gasteiger partial charge in [0.05, 0.1) is 11.1 Å². The molecule has 0 saturated heterocycles. The van der Waals surface area contributed by atoms with Crippen LogP contribution in [0.4, 0.5) is 0 Å². The molecule has 1 aromatic heterocycles. The van der Waals surface area contributed by atoms with Gasteiger partial charge in [-0.3, -0.25) is 0 Å². The molecule has 4 rings (SSSR count). The summed E-state index contributed by atoms with van der Waals surface area (Å²) in [5.74, 6) is 0. The minimum atomic E-state index is -3.93. The molecule has 0 unspecified atom stereocenters. The second-order valence-corrected chi connectivity index (χ2v) is 8.53. The van der Waals surface area contributed by atoms with Gasteiger partial charge in [-0.15, -0.1) is 9.19 Å². The van der Waals surface area contributed by atoms with Crippen LogP contribution in [0, 0.1) is 6.92 Å². The molecule has 3 aromatic carbocycles. The van der Waals surface area contributed by atoms with Crippen molar-refractivity contribution in [2.45, 2.75) is 17.4 Å². The maximum atomic E-state index is 12.9. The summed E-state index contributed by atoms with van der Waals surface area (Å²) in [5.41, 5.74) is 0.539. The van der Waals surface area contributed by atoms with Crippen molar-refractivity contribution in [3.63, 3.8) is 0 Å². The molecule has 0 spiro atoms. The molecule has 0 amide bonds. The van der Waals surface area contributed by atoms with Crippen molar-refractivity contribution in [3.05, 3.63) is 114 Å². The molecular weight excluding hydrogens is 386 g/mol. The Balaban J connectivity index is 1.85. The Labute approximate surface area is 169 Å². The molecule has 0 atom stereocenters. The molecule has 1 heterocycles. The molecule has 146 valence electrons. The first-order chi connectivity index (χ1) is 13.9. The van der Waals surface area contributed by atoms with E-state index in [2.05, 4.69) is 10.3 Å². The van der Waals surface area contributed by atoms with Crippen LogP contribution in [-0.2, 0) is 15.6 Å². The molecule has 0 bridgehead atoms. The lowest BCUT2D eigenvalue weighted by Gasteiger charge is -2.27. The number of hydrogen-bond donors (Lipinski definition) is 1. The van der Waals surface area contributed by atoms with E-state index in [-0.39, 0.29) is 10.6 Å². The Bertz CT molecular complexity index is 1180. The second-order valence-electron chi connectivity index (χ2n) is 6.74. The predicted octanol–water partition coefficient (Wildman–Crippen LogP) is 3.11. The zero-order valence-corrected chi connectivity index (χ0v) is 16.5. The van der Waals surface area contributed by atoms with E-state index in [1.165, 1.54) is 18.3 Å². The fourth-order valence-corrected chi connectivity index (χ4v) is 4.24. The molecule has 0 aliphatic carbocycles. The Morgan fingerprint density at radius 1 is 0.828 bits per heavy atom. The van der Waals surface area contributed by atoms with Gasteiger partial charge in [0.15, 0.2) is 5.60 Å². The molecule has 29 heavy (non-hydrogen) atoms. The van der Waals surface area contributed by atoms with Gasteiger partial charge in [0.2, 0.25) is 0 Å². The molecule has 1 N–H and O–H groups in total. The summed E-state index contributed by atoms with van der Waals surface area (Å²) in [4.78, 5) is 0.0995. The summed E-state index contributed by atoms with van der Waals surface area (Å²) in [6.07, 6.45) is 1.26. The van der Waals surface area contributed by atoms with Gasteiger partial charge < -0.3 is 5.11 Å². The third-order valence-electron chi connectivity index (χ3n) is 4.79. The van der Waals surface area contributed by atoms with Gasteiger partial charge in [-0.05, 0) is 30.2 Å². The average molecular weight is 405 g/mol. The Morgan fingerprint density at radius 3 is 1.86 bits per heavy atom. The van der Waals surface area contributed by atoms with Crippen molar-refractivity contribution in [1.82, 2.24) is 14.4 Å². The SMILES string of the molecule is Cc1ccc(S(=O)(=O)n2cc(C(O)(c3ccccc3)c3ccccc3)nn2)cc1. The molecular formula is C22H19N3O3S. The van der Waals surface area contributed by atoms with Crippen LogP contribution in [0.25, 0.3) is 0 Å². The maximum Gasteiger partial charge on any atom is 0.284 e. The van der Waals surface area contributed by atoms with Gasteiger partial charge in [-0.25, -0.2) is 0 Å². The minimum absolute atomic E-state index is 0.0995. The van der Waals surface area contributed by atoms with Gasteiger partial charge >= 0.3 is 0 Å². The highest BCUT2D eigenvalue weighted by molar-refractivity contribution is 7.89. The average Bonchev–Trinajstić information content (AvgIpc) is 3.26. The number of rotatable bonds is 5.